The third-order valence-corrected chi connectivity index (χ3v) is 4.12. The van der Waals surface area contributed by atoms with Crippen LogP contribution < -0.4 is 14.8 Å². The maximum Gasteiger partial charge on any atom is 0.337 e. The second-order valence-electron chi connectivity index (χ2n) is 5.64. The number of hydrogen-bond donors (Lipinski definition) is 1. The molecule has 126 valence electrons. The number of rotatable bonds is 2. The Labute approximate surface area is 144 Å². The maximum absolute atomic E-state index is 12.4. The smallest absolute Gasteiger partial charge is 0.337 e. The van der Waals surface area contributed by atoms with Crippen molar-refractivity contribution in [3.8, 4) is 11.5 Å². The van der Waals surface area contributed by atoms with Crippen molar-refractivity contribution in [2.75, 3.05) is 25.6 Å². The van der Waals surface area contributed by atoms with E-state index in [1.807, 2.05) is 18.2 Å². The fraction of sp³-hybridized carbons (Fsp3) is 0.158. The molecule has 0 saturated carbocycles. The second-order valence-corrected chi connectivity index (χ2v) is 5.64. The Kier molecular flexibility index (Phi) is 3.65. The number of para-hydroxylation sites is 1. The van der Waals surface area contributed by atoms with E-state index in [-0.39, 0.29) is 5.91 Å². The number of methoxy groups -OCH3 is 1. The summed E-state index contributed by atoms with van der Waals surface area (Å²) in [6.07, 6.45) is 1.77. The molecule has 2 aliphatic rings. The predicted octanol–water partition coefficient (Wildman–Crippen LogP) is 2.74. The lowest BCUT2D eigenvalue weighted by Crippen LogP contribution is -2.16. The summed E-state index contributed by atoms with van der Waals surface area (Å²) in [6, 6.07) is 10.5. The van der Waals surface area contributed by atoms with Crippen LogP contribution in [-0.2, 0) is 9.53 Å². The molecule has 0 saturated heterocycles. The van der Waals surface area contributed by atoms with Gasteiger partial charge in [-0.25, -0.2) is 4.79 Å². The van der Waals surface area contributed by atoms with Gasteiger partial charge < -0.3 is 19.5 Å². The first-order valence-corrected chi connectivity index (χ1v) is 7.82. The second kappa shape index (κ2) is 5.98. The largest absolute Gasteiger partial charge is 0.486 e. The van der Waals surface area contributed by atoms with Gasteiger partial charge in [-0.1, -0.05) is 18.2 Å². The summed E-state index contributed by atoms with van der Waals surface area (Å²) in [6.45, 7) is 0.977. The van der Waals surface area contributed by atoms with Gasteiger partial charge in [0.25, 0.3) is 5.91 Å². The van der Waals surface area contributed by atoms with Crippen LogP contribution in [0, 0.1) is 0 Å². The monoisotopic (exact) mass is 337 g/mol. The van der Waals surface area contributed by atoms with Crippen LogP contribution >= 0.6 is 0 Å². The van der Waals surface area contributed by atoms with Crippen molar-refractivity contribution in [2.24, 2.45) is 0 Å². The summed E-state index contributed by atoms with van der Waals surface area (Å²) in [4.78, 5) is 24.0. The Morgan fingerprint density at radius 2 is 2.04 bits per heavy atom. The first-order valence-electron chi connectivity index (χ1n) is 7.82. The average Bonchev–Trinajstić information content (AvgIpc) is 2.96. The van der Waals surface area contributed by atoms with Gasteiger partial charge in [0.15, 0.2) is 11.5 Å². The van der Waals surface area contributed by atoms with Crippen LogP contribution in [0.2, 0.25) is 0 Å². The van der Waals surface area contributed by atoms with E-state index in [1.54, 1.807) is 24.3 Å². The molecule has 2 aliphatic heterocycles. The molecule has 25 heavy (non-hydrogen) atoms. The van der Waals surface area contributed by atoms with E-state index in [2.05, 4.69) is 5.32 Å². The maximum atomic E-state index is 12.4. The zero-order valence-electron chi connectivity index (χ0n) is 13.5. The normalized spacial score (nSPS) is 16.4. The number of amides is 1. The zero-order chi connectivity index (χ0) is 17.4. The predicted molar refractivity (Wildman–Crippen MR) is 91.7 cm³/mol. The Bertz CT molecular complexity index is 916. The molecule has 0 radical (unpaired) electrons. The van der Waals surface area contributed by atoms with Gasteiger partial charge in [0.1, 0.15) is 13.2 Å². The standard InChI is InChI=1S/C19H15NO5/c1-23-19(22)12-5-6-13-14(18(21)20-15(13)10-12)9-11-3-2-4-16-17(11)25-8-7-24-16/h2-6,9-10H,7-8H2,1H3,(H,20,21)/b14-9+. The van der Waals surface area contributed by atoms with Crippen molar-refractivity contribution in [2.45, 2.75) is 0 Å². The molecule has 0 fully saturated rings. The molecule has 1 N–H and O–H groups in total. The van der Waals surface area contributed by atoms with Crippen molar-refractivity contribution >= 4 is 29.2 Å². The molecule has 6 nitrogen and oxygen atoms in total. The molecular formula is C19H15NO5. The highest BCUT2D eigenvalue weighted by molar-refractivity contribution is 6.35. The number of hydrogen-bond acceptors (Lipinski definition) is 5. The number of nitrogens with one attached hydrogen (secondary N) is 1. The summed E-state index contributed by atoms with van der Waals surface area (Å²) in [7, 11) is 1.32. The fourth-order valence-corrected chi connectivity index (χ4v) is 2.95. The molecule has 4 rings (SSSR count). The first kappa shape index (κ1) is 15.3. The lowest BCUT2D eigenvalue weighted by atomic mass is 10.0. The highest BCUT2D eigenvalue weighted by Crippen LogP contribution is 2.39. The highest BCUT2D eigenvalue weighted by atomic mass is 16.6. The van der Waals surface area contributed by atoms with Gasteiger partial charge in [0.2, 0.25) is 0 Å². The van der Waals surface area contributed by atoms with E-state index in [0.29, 0.717) is 41.5 Å². The molecule has 0 unspecified atom stereocenters. The summed E-state index contributed by atoms with van der Waals surface area (Å²) >= 11 is 0. The number of benzene rings is 2. The van der Waals surface area contributed by atoms with Crippen LogP contribution in [0.15, 0.2) is 36.4 Å². The Hall–Kier alpha value is -3.28. The molecule has 1 amide bonds. The topological polar surface area (TPSA) is 73.9 Å². The van der Waals surface area contributed by atoms with Crippen molar-refractivity contribution in [3.05, 3.63) is 53.1 Å². The molecule has 0 aliphatic carbocycles. The van der Waals surface area contributed by atoms with Crippen LogP contribution in [0.1, 0.15) is 21.5 Å². The van der Waals surface area contributed by atoms with E-state index in [4.69, 9.17) is 14.2 Å². The van der Waals surface area contributed by atoms with E-state index in [9.17, 15) is 9.59 Å². The number of esters is 1. The average molecular weight is 337 g/mol. The minimum Gasteiger partial charge on any atom is -0.486 e. The van der Waals surface area contributed by atoms with Crippen molar-refractivity contribution in [1.82, 2.24) is 0 Å². The first-order chi connectivity index (χ1) is 12.2. The number of ether oxygens (including phenoxy) is 3. The minimum absolute atomic E-state index is 0.230. The molecule has 0 aromatic heterocycles. The summed E-state index contributed by atoms with van der Waals surface area (Å²) < 4.78 is 16.0. The van der Waals surface area contributed by atoms with Crippen LogP contribution in [0.25, 0.3) is 11.6 Å². The highest BCUT2D eigenvalue weighted by Gasteiger charge is 2.26. The van der Waals surface area contributed by atoms with Gasteiger partial charge in [-0.2, -0.15) is 0 Å². The van der Waals surface area contributed by atoms with E-state index >= 15 is 0 Å². The summed E-state index contributed by atoms with van der Waals surface area (Å²) in [5.74, 6) is 0.623. The molecule has 0 atom stereocenters. The third-order valence-electron chi connectivity index (χ3n) is 4.12. The Balaban J connectivity index is 1.77. The quantitative estimate of drug-likeness (QED) is 0.674. The number of carbonyl (C=O) groups is 2. The van der Waals surface area contributed by atoms with Crippen LogP contribution in [0.4, 0.5) is 5.69 Å². The number of fused-ring (bicyclic) bond motifs is 2. The molecule has 0 bridgehead atoms. The molecule has 2 aromatic rings. The number of carbonyl (C=O) groups excluding carboxylic acids is 2. The minimum atomic E-state index is -0.447. The van der Waals surface area contributed by atoms with Gasteiger partial charge >= 0.3 is 5.97 Å². The molecule has 2 aromatic carbocycles. The SMILES string of the molecule is COC(=O)c1ccc2c(c1)NC(=O)/C2=C/c1cccc2c1OCCO2. The third kappa shape index (κ3) is 2.61. The van der Waals surface area contributed by atoms with E-state index in [0.717, 1.165) is 11.1 Å². The van der Waals surface area contributed by atoms with Crippen LogP contribution in [0.3, 0.4) is 0 Å². The van der Waals surface area contributed by atoms with Crippen molar-refractivity contribution in [1.29, 1.82) is 0 Å². The van der Waals surface area contributed by atoms with Crippen molar-refractivity contribution in [3.63, 3.8) is 0 Å². The van der Waals surface area contributed by atoms with Crippen LogP contribution in [0.5, 0.6) is 11.5 Å². The van der Waals surface area contributed by atoms with Crippen molar-refractivity contribution < 1.29 is 23.8 Å². The zero-order valence-corrected chi connectivity index (χ0v) is 13.5. The van der Waals surface area contributed by atoms with Gasteiger partial charge in [0.05, 0.1) is 12.7 Å². The Morgan fingerprint density at radius 3 is 2.88 bits per heavy atom. The van der Waals surface area contributed by atoms with Gasteiger partial charge in [0, 0.05) is 22.4 Å². The fourth-order valence-electron chi connectivity index (χ4n) is 2.95. The van der Waals surface area contributed by atoms with E-state index < -0.39 is 5.97 Å². The summed E-state index contributed by atoms with van der Waals surface area (Å²) in [5, 5.41) is 2.78. The lowest BCUT2D eigenvalue weighted by molar-refractivity contribution is -0.110. The lowest BCUT2D eigenvalue weighted by Gasteiger charge is -2.20. The molecular weight excluding hydrogens is 322 g/mol. The van der Waals surface area contributed by atoms with E-state index in [1.165, 1.54) is 7.11 Å². The van der Waals surface area contributed by atoms with Gasteiger partial charge in [-0.05, 0) is 24.3 Å². The van der Waals surface area contributed by atoms with Crippen LogP contribution in [-0.4, -0.2) is 32.2 Å². The number of anilines is 1. The molecule has 6 heteroatoms. The van der Waals surface area contributed by atoms with Gasteiger partial charge in [-0.3, -0.25) is 4.79 Å². The summed E-state index contributed by atoms with van der Waals surface area (Å²) in [5.41, 5.74) is 2.98. The molecule has 2 heterocycles. The Morgan fingerprint density at radius 1 is 1.20 bits per heavy atom. The van der Waals surface area contributed by atoms with Gasteiger partial charge in [-0.15, -0.1) is 0 Å². The molecule has 0 spiro atoms.